The van der Waals surface area contributed by atoms with Crippen molar-refractivity contribution in [2.75, 3.05) is 0 Å². The Bertz CT molecular complexity index is 737. The Morgan fingerprint density at radius 1 is 1.08 bits per heavy atom. The van der Waals surface area contributed by atoms with Gasteiger partial charge in [0, 0.05) is 6.42 Å². The van der Waals surface area contributed by atoms with E-state index >= 15 is 0 Å². The zero-order chi connectivity index (χ0) is 17.9. The monoisotopic (exact) mass is 341 g/mol. The number of aliphatic hydroxyl groups excluding tert-OH is 1. The average molecular weight is 341 g/mol. The average Bonchev–Trinajstić information content (AvgIpc) is 2.56. The van der Waals surface area contributed by atoms with Crippen LogP contribution in [-0.4, -0.2) is 23.2 Å². The third kappa shape index (κ3) is 3.91. The van der Waals surface area contributed by atoms with Crippen LogP contribution in [0.1, 0.15) is 22.8 Å². The predicted octanol–water partition coefficient (Wildman–Crippen LogP) is 2.96. The smallest absolute Gasteiger partial charge is 0.254 e. The molecule has 0 aliphatic heterocycles. The van der Waals surface area contributed by atoms with Crippen LogP contribution in [0, 0.1) is 23.3 Å². The van der Waals surface area contributed by atoms with Gasteiger partial charge in [0.05, 0.1) is 17.7 Å². The van der Waals surface area contributed by atoms with Crippen molar-refractivity contribution >= 4 is 5.91 Å². The molecule has 1 amide bonds. The van der Waals surface area contributed by atoms with Crippen LogP contribution in [0.4, 0.5) is 17.6 Å². The Morgan fingerprint density at radius 2 is 1.71 bits per heavy atom. The second-order valence-electron chi connectivity index (χ2n) is 5.37. The van der Waals surface area contributed by atoms with Crippen molar-refractivity contribution in [3.63, 3.8) is 0 Å². The van der Waals surface area contributed by atoms with E-state index in [0.29, 0.717) is 0 Å². The third-order valence-electron chi connectivity index (χ3n) is 3.57. The Hall–Kier alpha value is -2.41. The largest absolute Gasteiger partial charge is 0.391 e. The lowest BCUT2D eigenvalue weighted by Gasteiger charge is -2.20. The van der Waals surface area contributed by atoms with Gasteiger partial charge in [0.15, 0.2) is 23.3 Å². The Balaban J connectivity index is 2.09. The molecule has 0 aromatic heterocycles. The van der Waals surface area contributed by atoms with Crippen molar-refractivity contribution in [3.8, 4) is 0 Å². The Kier molecular flexibility index (Phi) is 5.56. The van der Waals surface area contributed by atoms with Gasteiger partial charge in [-0.05, 0) is 18.6 Å². The first kappa shape index (κ1) is 17.9. The SMILES string of the molecule is CC(NC(=O)c1cc(F)c(F)c(F)c1F)C(O)Cc1ccccc1. The maximum Gasteiger partial charge on any atom is 0.254 e. The lowest BCUT2D eigenvalue weighted by molar-refractivity contribution is 0.0846. The van der Waals surface area contributed by atoms with Crippen molar-refractivity contribution in [1.82, 2.24) is 5.32 Å². The van der Waals surface area contributed by atoms with Crippen LogP contribution >= 0.6 is 0 Å². The van der Waals surface area contributed by atoms with Gasteiger partial charge in [-0.2, -0.15) is 0 Å². The molecule has 2 rings (SSSR count). The molecule has 2 unspecified atom stereocenters. The van der Waals surface area contributed by atoms with Crippen LogP contribution < -0.4 is 5.32 Å². The van der Waals surface area contributed by atoms with Gasteiger partial charge in [0.2, 0.25) is 0 Å². The molecular weight excluding hydrogens is 326 g/mol. The van der Waals surface area contributed by atoms with Crippen LogP contribution in [0.2, 0.25) is 0 Å². The number of amides is 1. The van der Waals surface area contributed by atoms with Crippen LogP contribution in [0.25, 0.3) is 0 Å². The highest BCUT2D eigenvalue weighted by Crippen LogP contribution is 2.19. The van der Waals surface area contributed by atoms with Crippen molar-refractivity contribution in [2.45, 2.75) is 25.5 Å². The normalized spacial score (nSPS) is 13.4. The highest BCUT2D eigenvalue weighted by molar-refractivity contribution is 5.94. The fourth-order valence-electron chi connectivity index (χ4n) is 2.15. The summed E-state index contributed by atoms with van der Waals surface area (Å²) in [7, 11) is 0. The molecule has 0 fully saturated rings. The molecule has 2 aromatic carbocycles. The van der Waals surface area contributed by atoms with Gasteiger partial charge in [0.25, 0.3) is 5.91 Å². The summed E-state index contributed by atoms with van der Waals surface area (Å²) in [6.07, 6.45) is -0.786. The minimum atomic E-state index is -2.06. The number of benzene rings is 2. The summed E-state index contributed by atoms with van der Waals surface area (Å²) in [5.41, 5.74) is -0.152. The molecule has 7 heteroatoms. The van der Waals surface area contributed by atoms with E-state index < -0.39 is 46.9 Å². The highest BCUT2D eigenvalue weighted by atomic mass is 19.2. The van der Waals surface area contributed by atoms with Gasteiger partial charge in [-0.25, -0.2) is 17.6 Å². The summed E-state index contributed by atoms with van der Waals surface area (Å²) in [4.78, 5) is 11.9. The molecular formula is C17H15F4NO2. The summed E-state index contributed by atoms with van der Waals surface area (Å²) in [6.45, 7) is 1.46. The maximum atomic E-state index is 13.6. The topological polar surface area (TPSA) is 49.3 Å². The van der Waals surface area contributed by atoms with Gasteiger partial charge in [-0.1, -0.05) is 30.3 Å². The van der Waals surface area contributed by atoms with E-state index in [1.54, 1.807) is 24.3 Å². The molecule has 0 saturated heterocycles. The highest BCUT2D eigenvalue weighted by Gasteiger charge is 2.25. The van der Waals surface area contributed by atoms with Crippen LogP contribution in [0.5, 0.6) is 0 Å². The number of hydrogen-bond donors (Lipinski definition) is 2. The first-order chi connectivity index (χ1) is 11.3. The van der Waals surface area contributed by atoms with Crippen molar-refractivity contribution in [2.24, 2.45) is 0 Å². The molecule has 0 aliphatic carbocycles. The number of rotatable bonds is 5. The van der Waals surface area contributed by atoms with Gasteiger partial charge in [-0.3, -0.25) is 4.79 Å². The van der Waals surface area contributed by atoms with Crippen molar-refractivity contribution in [3.05, 3.63) is 70.8 Å². The predicted molar refractivity (Wildman–Crippen MR) is 79.4 cm³/mol. The second-order valence-corrected chi connectivity index (χ2v) is 5.37. The zero-order valence-corrected chi connectivity index (χ0v) is 12.7. The second kappa shape index (κ2) is 7.44. The lowest BCUT2D eigenvalue weighted by atomic mass is 10.0. The van der Waals surface area contributed by atoms with Gasteiger partial charge in [-0.15, -0.1) is 0 Å². The third-order valence-corrected chi connectivity index (χ3v) is 3.57. The molecule has 0 spiro atoms. The van der Waals surface area contributed by atoms with Crippen molar-refractivity contribution < 1.29 is 27.5 Å². The number of carbonyl (C=O) groups is 1. The minimum absolute atomic E-state index is 0.219. The Labute approximate surface area is 135 Å². The number of aliphatic hydroxyl groups is 1. The standard InChI is InChI=1S/C17H15F4NO2/c1-9(13(23)7-10-5-3-2-4-6-10)22-17(24)11-8-12(18)15(20)16(21)14(11)19/h2-6,8-9,13,23H,7H2,1H3,(H,22,24). The molecule has 0 saturated carbocycles. The quantitative estimate of drug-likeness (QED) is 0.499. The first-order valence-electron chi connectivity index (χ1n) is 7.17. The summed E-state index contributed by atoms with van der Waals surface area (Å²) in [5, 5.41) is 12.3. The van der Waals surface area contributed by atoms with Crippen LogP contribution in [0.15, 0.2) is 36.4 Å². The summed E-state index contributed by atoms with van der Waals surface area (Å²) >= 11 is 0. The van der Waals surface area contributed by atoms with Gasteiger partial charge in [0.1, 0.15) is 0 Å². The maximum absolute atomic E-state index is 13.6. The molecule has 0 radical (unpaired) electrons. The Morgan fingerprint density at radius 3 is 2.33 bits per heavy atom. The van der Waals surface area contributed by atoms with E-state index in [0.717, 1.165) is 5.56 Å². The molecule has 128 valence electrons. The van der Waals surface area contributed by atoms with Crippen LogP contribution in [-0.2, 0) is 6.42 Å². The van der Waals surface area contributed by atoms with E-state index in [9.17, 15) is 27.5 Å². The molecule has 0 aliphatic rings. The molecule has 3 nitrogen and oxygen atoms in total. The molecule has 2 atom stereocenters. The van der Waals surface area contributed by atoms with E-state index in [4.69, 9.17) is 0 Å². The number of nitrogens with one attached hydrogen (secondary N) is 1. The minimum Gasteiger partial charge on any atom is -0.391 e. The van der Waals surface area contributed by atoms with E-state index in [-0.39, 0.29) is 12.5 Å². The molecule has 2 aromatic rings. The van der Waals surface area contributed by atoms with E-state index in [1.807, 2.05) is 6.07 Å². The fraction of sp³-hybridized carbons (Fsp3) is 0.235. The van der Waals surface area contributed by atoms with E-state index in [2.05, 4.69) is 5.32 Å². The summed E-state index contributed by atoms with van der Waals surface area (Å²) in [5.74, 6) is -8.64. The number of halogens is 4. The first-order valence-corrected chi connectivity index (χ1v) is 7.17. The van der Waals surface area contributed by atoms with Crippen LogP contribution in [0.3, 0.4) is 0 Å². The van der Waals surface area contributed by atoms with Gasteiger partial charge < -0.3 is 10.4 Å². The molecule has 24 heavy (non-hydrogen) atoms. The molecule has 2 N–H and O–H groups in total. The molecule has 0 bridgehead atoms. The number of carbonyl (C=O) groups excluding carboxylic acids is 1. The van der Waals surface area contributed by atoms with E-state index in [1.165, 1.54) is 6.92 Å². The lowest BCUT2D eigenvalue weighted by Crippen LogP contribution is -2.42. The molecule has 0 heterocycles. The number of hydrogen-bond acceptors (Lipinski definition) is 2. The van der Waals surface area contributed by atoms with Crippen molar-refractivity contribution in [1.29, 1.82) is 0 Å². The fourth-order valence-corrected chi connectivity index (χ4v) is 2.15. The van der Waals surface area contributed by atoms with Gasteiger partial charge >= 0.3 is 0 Å². The zero-order valence-electron chi connectivity index (χ0n) is 12.7. The summed E-state index contributed by atoms with van der Waals surface area (Å²) in [6, 6.07) is 8.38. The summed E-state index contributed by atoms with van der Waals surface area (Å²) < 4.78 is 52.8.